The van der Waals surface area contributed by atoms with Gasteiger partial charge in [-0.1, -0.05) is 59.2 Å². The first-order valence-corrected chi connectivity index (χ1v) is 11.3. The maximum Gasteiger partial charge on any atom is 0.414 e. The molecule has 0 bridgehead atoms. The van der Waals surface area contributed by atoms with Crippen LogP contribution in [0, 0.1) is 5.82 Å². The van der Waals surface area contributed by atoms with Crippen LogP contribution < -0.4 is 10.7 Å². The first kappa shape index (κ1) is 26.6. The van der Waals surface area contributed by atoms with Gasteiger partial charge in [0.05, 0.1) is 11.1 Å². The highest BCUT2D eigenvalue weighted by atomic mass is 35.5. The van der Waals surface area contributed by atoms with Crippen LogP contribution in [0.25, 0.3) is 11.3 Å². The molecule has 1 aromatic heterocycles. The minimum Gasteiger partial charge on any atom is -0.481 e. The van der Waals surface area contributed by atoms with Gasteiger partial charge < -0.3 is 14.4 Å². The summed E-state index contributed by atoms with van der Waals surface area (Å²) in [5.74, 6) is -2.13. The number of benzene rings is 2. The highest BCUT2D eigenvalue weighted by Crippen LogP contribution is 2.22. The van der Waals surface area contributed by atoms with Crippen molar-refractivity contribution in [1.82, 2.24) is 15.6 Å². The number of nitrogens with one attached hydrogen (secondary N) is 2. The number of rotatable bonds is 11. The number of amides is 2. The summed E-state index contributed by atoms with van der Waals surface area (Å²) in [5, 5.41) is 16.4. The van der Waals surface area contributed by atoms with Crippen LogP contribution in [0.4, 0.5) is 15.1 Å². The molecule has 0 aliphatic heterocycles. The zero-order valence-electron chi connectivity index (χ0n) is 19.2. The quantitative estimate of drug-likeness (QED) is 0.316. The minimum absolute atomic E-state index is 0.0213. The van der Waals surface area contributed by atoms with E-state index in [1.165, 1.54) is 25.1 Å². The monoisotopic (exact) mass is 518 g/mol. The van der Waals surface area contributed by atoms with Crippen molar-refractivity contribution in [2.24, 2.45) is 0 Å². The fraction of sp³-hybridized carbons (Fsp3) is 0.250. The lowest BCUT2D eigenvalue weighted by Gasteiger charge is -2.31. The molecule has 0 aliphatic rings. The van der Waals surface area contributed by atoms with Gasteiger partial charge in [-0.3, -0.25) is 19.9 Å². The molecule has 1 heterocycles. The van der Waals surface area contributed by atoms with E-state index in [0.29, 0.717) is 11.3 Å². The predicted molar refractivity (Wildman–Crippen MR) is 128 cm³/mol. The molecule has 12 heteroatoms. The summed E-state index contributed by atoms with van der Waals surface area (Å²) < 4.78 is 24.1. The van der Waals surface area contributed by atoms with Crippen LogP contribution in [0.15, 0.2) is 59.1 Å². The molecule has 2 aromatic carbocycles. The summed E-state index contributed by atoms with van der Waals surface area (Å²) in [6, 6.07) is 14.1. The summed E-state index contributed by atoms with van der Waals surface area (Å²) >= 11 is 5.97. The maximum atomic E-state index is 13.7. The van der Waals surface area contributed by atoms with Crippen molar-refractivity contribution in [2.75, 3.05) is 11.9 Å². The first-order valence-electron chi connectivity index (χ1n) is 10.9. The van der Waals surface area contributed by atoms with Gasteiger partial charge in [-0.15, -0.1) is 0 Å². The topological polar surface area (TPSA) is 134 Å². The highest BCUT2D eigenvalue weighted by Gasteiger charge is 2.24. The zero-order valence-corrected chi connectivity index (χ0v) is 20.0. The lowest BCUT2D eigenvalue weighted by molar-refractivity contribution is -0.141. The number of ether oxygens (including phenoxy) is 1. The Balaban J connectivity index is 1.63. The summed E-state index contributed by atoms with van der Waals surface area (Å²) in [6.07, 6.45) is -1.19. The molecule has 0 radical (unpaired) electrons. The second-order valence-electron chi connectivity index (χ2n) is 7.69. The number of hydrogen-bond donors (Lipinski definition) is 3. The Morgan fingerprint density at radius 3 is 2.64 bits per heavy atom. The molecule has 0 saturated carbocycles. The molecule has 3 aromatic rings. The first-order chi connectivity index (χ1) is 17.2. The molecule has 3 N–H and O–H groups in total. The number of aliphatic carboxylic acids is 1. The number of aromatic nitrogens is 1. The number of nitrogens with zero attached hydrogens (tertiary/aromatic N) is 2. The van der Waals surface area contributed by atoms with Crippen LogP contribution in [0.1, 0.15) is 25.3 Å². The molecule has 10 nitrogen and oxygen atoms in total. The van der Waals surface area contributed by atoms with Gasteiger partial charge in [0.2, 0.25) is 11.8 Å². The van der Waals surface area contributed by atoms with Gasteiger partial charge in [-0.05, 0) is 18.1 Å². The van der Waals surface area contributed by atoms with Gasteiger partial charge in [-0.2, -0.15) is 0 Å². The molecule has 0 unspecified atom stereocenters. The van der Waals surface area contributed by atoms with Crippen LogP contribution in [0.5, 0.6) is 0 Å². The zero-order chi connectivity index (χ0) is 26.1. The Hall–Kier alpha value is -3.96. The molecular formula is C24H24ClFN4O6. The molecular weight excluding hydrogens is 495 g/mol. The number of anilines is 1. The number of carbonyl (C=O) groups excluding carboxylic acids is 2. The smallest absolute Gasteiger partial charge is 0.414 e. The molecule has 0 aliphatic carbocycles. The fourth-order valence-corrected chi connectivity index (χ4v) is 3.51. The highest BCUT2D eigenvalue weighted by molar-refractivity contribution is 6.31. The van der Waals surface area contributed by atoms with Crippen LogP contribution in [0.2, 0.25) is 5.02 Å². The van der Waals surface area contributed by atoms with Gasteiger partial charge >= 0.3 is 12.1 Å². The van der Waals surface area contributed by atoms with E-state index < -0.39 is 29.8 Å². The largest absolute Gasteiger partial charge is 0.481 e. The molecule has 2 amide bonds. The summed E-state index contributed by atoms with van der Waals surface area (Å²) in [4.78, 5) is 35.8. The van der Waals surface area contributed by atoms with Gasteiger partial charge in [0.25, 0.3) is 0 Å². The van der Waals surface area contributed by atoms with E-state index in [-0.39, 0.29) is 36.9 Å². The van der Waals surface area contributed by atoms with Crippen LogP contribution in [0.3, 0.4) is 0 Å². The lowest BCUT2D eigenvalue weighted by atomic mass is 10.1. The average molecular weight is 519 g/mol. The number of carboxylic acids is 1. The Kier molecular flexibility index (Phi) is 9.37. The number of halogens is 2. The van der Waals surface area contributed by atoms with Crippen molar-refractivity contribution in [3.8, 4) is 11.3 Å². The van der Waals surface area contributed by atoms with E-state index in [2.05, 4.69) is 15.9 Å². The average Bonchev–Trinajstić information content (AvgIpc) is 3.31. The molecule has 0 spiro atoms. The van der Waals surface area contributed by atoms with E-state index in [0.717, 1.165) is 10.6 Å². The predicted octanol–water partition coefficient (Wildman–Crippen LogP) is 4.47. The number of hydrazine groups is 1. The van der Waals surface area contributed by atoms with Gasteiger partial charge in [-0.25, -0.2) is 14.6 Å². The van der Waals surface area contributed by atoms with Gasteiger partial charge in [0.1, 0.15) is 18.1 Å². The molecule has 0 saturated heterocycles. The van der Waals surface area contributed by atoms with E-state index in [4.69, 9.17) is 26.0 Å². The fourth-order valence-electron chi connectivity index (χ4n) is 3.32. The summed E-state index contributed by atoms with van der Waals surface area (Å²) in [5.41, 5.74) is 4.51. The van der Waals surface area contributed by atoms with E-state index in [1.807, 2.05) is 30.3 Å². The SMILES string of the molecule is CC(=O)N(NCc1cccc(F)c1Cl)[C@@H](CCC(=O)O)COC(=O)Nc1cc(-c2ccccc2)no1. The molecule has 36 heavy (non-hydrogen) atoms. The minimum atomic E-state index is -1.09. The second kappa shape index (κ2) is 12.7. The summed E-state index contributed by atoms with van der Waals surface area (Å²) in [6.45, 7) is 0.905. The maximum absolute atomic E-state index is 13.7. The Bertz CT molecular complexity index is 1210. The van der Waals surface area contributed by atoms with Crippen LogP contribution in [-0.4, -0.2) is 45.9 Å². The van der Waals surface area contributed by atoms with Gasteiger partial charge in [0, 0.05) is 31.5 Å². The Morgan fingerprint density at radius 2 is 1.94 bits per heavy atom. The molecule has 0 fully saturated rings. The summed E-state index contributed by atoms with van der Waals surface area (Å²) in [7, 11) is 0. The lowest BCUT2D eigenvalue weighted by Crippen LogP contribution is -2.50. The Morgan fingerprint density at radius 1 is 1.19 bits per heavy atom. The third kappa shape index (κ3) is 7.52. The molecule has 3 rings (SSSR count). The van der Waals surface area contributed by atoms with Crippen molar-refractivity contribution in [1.29, 1.82) is 0 Å². The normalized spacial score (nSPS) is 11.5. The van der Waals surface area contributed by atoms with Crippen molar-refractivity contribution >= 4 is 35.5 Å². The third-order valence-electron chi connectivity index (χ3n) is 5.08. The van der Waals surface area contributed by atoms with Crippen molar-refractivity contribution in [3.05, 3.63) is 71.0 Å². The number of carboxylic acid groups (broad SMARTS) is 1. The van der Waals surface area contributed by atoms with Crippen molar-refractivity contribution < 1.29 is 33.1 Å². The van der Waals surface area contributed by atoms with E-state index >= 15 is 0 Å². The standard InChI is InChI=1S/C24H24ClFN4O6/c1-15(31)30(27-13-17-8-5-9-19(26)23(17)25)18(10-11-22(32)33)14-35-24(34)28-21-12-20(29-36-21)16-6-3-2-4-7-16/h2-9,12,18,27H,10-11,13-14H2,1H3,(H,28,34)(H,32,33)/t18-/m0/s1. The van der Waals surface area contributed by atoms with Crippen molar-refractivity contribution in [2.45, 2.75) is 32.4 Å². The van der Waals surface area contributed by atoms with Gasteiger partial charge in [0.15, 0.2) is 0 Å². The van der Waals surface area contributed by atoms with E-state index in [9.17, 15) is 18.8 Å². The van der Waals surface area contributed by atoms with Crippen LogP contribution >= 0.6 is 11.6 Å². The second-order valence-corrected chi connectivity index (χ2v) is 8.07. The molecule has 1 atom stereocenters. The van der Waals surface area contributed by atoms with Crippen molar-refractivity contribution in [3.63, 3.8) is 0 Å². The van der Waals surface area contributed by atoms with Crippen LogP contribution in [-0.2, 0) is 20.9 Å². The number of hydrogen-bond acceptors (Lipinski definition) is 7. The van der Waals surface area contributed by atoms with E-state index in [1.54, 1.807) is 6.07 Å². The number of carbonyl (C=O) groups is 3. The Labute approximate surface area is 210 Å². The third-order valence-corrected chi connectivity index (χ3v) is 5.50. The molecule has 190 valence electrons.